The molecule has 1 aliphatic rings. The Morgan fingerprint density at radius 1 is 1.56 bits per heavy atom. The van der Waals surface area contributed by atoms with Crippen molar-refractivity contribution < 1.29 is 4.74 Å². The highest BCUT2D eigenvalue weighted by Gasteiger charge is 2.22. The number of aromatic nitrogens is 1. The number of piperidine rings is 1. The van der Waals surface area contributed by atoms with Crippen molar-refractivity contribution in [1.82, 2.24) is 4.98 Å². The molecule has 2 rings (SSSR count). The Morgan fingerprint density at radius 2 is 2.39 bits per heavy atom. The molecule has 100 valence electrons. The summed E-state index contributed by atoms with van der Waals surface area (Å²) in [6.45, 7) is 6.93. The minimum atomic E-state index is 0.320. The summed E-state index contributed by atoms with van der Waals surface area (Å²) in [7, 11) is 0. The van der Waals surface area contributed by atoms with Crippen molar-refractivity contribution >= 4 is 11.5 Å². The molecular weight excluding hydrogens is 226 g/mol. The average Bonchev–Trinajstić information content (AvgIpc) is 2.40. The first kappa shape index (κ1) is 13.1. The second-order valence-corrected chi connectivity index (χ2v) is 4.95. The number of aryl methyl sites for hydroxylation is 1. The number of nitrogens with two attached hydrogens (primary N) is 1. The standard InChI is InChI=1S/C14H23N3O/c1-3-9-18-12-5-4-8-17(10-12)14-13(15)11(2)6-7-16-14/h6-7,12H,3-5,8-10,15H2,1-2H3. The highest BCUT2D eigenvalue weighted by Crippen LogP contribution is 2.26. The molecule has 0 spiro atoms. The maximum atomic E-state index is 6.11. The van der Waals surface area contributed by atoms with Crippen molar-refractivity contribution in [2.75, 3.05) is 30.3 Å². The van der Waals surface area contributed by atoms with Crippen LogP contribution in [0.15, 0.2) is 12.3 Å². The molecule has 0 aromatic carbocycles. The Morgan fingerprint density at radius 3 is 3.17 bits per heavy atom. The number of nitrogen functional groups attached to an aromatic ring is 1. The molecule has 4 nitrogen and oxygen atoms in total. The molecule has 1 fully saturated rings. The summed E-state index contributed by atoms with van der Waals surface area (Å²) in [6.07, 6.45) is 5.50. The van der Waals surface area contributed by atoms with E-state index in [1.165, 1.54) is 0 Å². The Hall–Kier alpha value is -1.29. The van der Waals surface area contributed by atoms with Gasteiger partial charge in [-0.25, -0.2) is 4.98 Å². The van der Waals surface area contributed by atoms with Gasteiger partial charge in [-0.15, -0.1) is 0 Å². The van der Waals surface area contributed by atoms with Crippen LogP contribution in [0.4, 0.5) is 11.5 Å². The van der Waals surface area contributed by atoms with Crippen molar-refractivity contribution in [3.63, 3.8) is 0 Å². The molecular formula is C14H23N3O. The van der Waals surface area contributed by atoms with Gasteiger partial charge in [0.25, 0.3) is 0 Å². The number of pyridine rings is 1. The quantitative estimate of drug-likeness (QED) is 0.890. The normalized spacial score (nSPS) is 20.1. The monoisotopic (exact) mass is 249 g/mol. The molecule has 0 aliphatic carbocycles. The fourth-order valence-electron chi connectivity index (χ4n) is 2.36. The molecule has 18 heavy (non-hydrogen) atoms. The van der Waals surface area contributed by atoms with E-state index in [2.05, 4.69) is 16.8 Å². The van der Waals surface area contributed by atoms with Gasteiger partial charge in [-0.2, -0.15) is 0 Å². The predicted molar refractivity (Wildman–Crippen MR) is 74.9 cm³/mol. The van der Waals surface area contributed by atoms with Gasteiger partial charge in [0, 0.05) is 25.9 Å². The molecule has 1 aromatic rings. The summed E-state index contributed by atoms with van der Waals surface area (Å²) in [5, 5.41) is 0. The van der Waals surface area contributed by atoms with E-state index < -0.39 is 0 Å². The maximum Gasteiger partial charge on any atom is 0.152 e. The van der Waals surface area contributed by atoms with Gasteiger partial charge in [-0.3, -0.25) is 0 Å². The third-order valence-electron chi connectivity index (χ3n) is 3.42. The van der Waals surface area contributed by atoms with E-state index in [-0.39, 0.29) is 0 Å². The van der Waals surface area contributed by atoms with E-state index in [1.807, 2.05) is 19.2 Å². The zero-order valence-corrected chi connectivity index (χ0v) is 11.4. The number of rotatable bonds is 4. The fourth-order valence-corrected chi connectivity index (χ4v) is 2.36. The zero-order chi connectivity index (χ0) is 13.0. The van der Waals surface area contributed by atoms with Gasteiger partial charge < -0.3 is 15.4 Å². The molecule has 1 saturated heterocycles. The second kappa shape index (κ2) is 6.05. The van der Waals surface area contributed by atoms with Gasteiger partial charge in [-0.1, -0.05) is 6.92 Å². The zero-order valence-electron chi connectivity index (χ0n) is 11.4. The predicted octanol–water partition coefficient (Wildman–Crippen LogP) is 2.37. The largest absolute Gasteiger partial charge is 0.396 e. The Labute approximate surface area is 109 Å². The summed E-state index contributed by atoms with van der Waals surface area (Å²) < 4.78 is 5.84. The lowest BCUT2D eigenvalue weighted by atomic mass is 10.1. The van der Waals surface area contributed by atoms with Crippen LogP contribution in [0, 0.1) is 6.92 Å². The van der Waals surface area contributed by atoms with Crippen molar-refractivity contribution in [3.8, 4) is 0 Å². The summed E-state index contributed by atoms with van der Waals surface area (Å²) in [4.78, 5) is 6.68. The number of anilines is 2. The molecule has 4 heteroatoms. The third-order valence-corrected chi connectivity index (χ3v) is 3.42. The number of hydrogen-bond acceptors (Lipinski definition) is 4. The molecule has 1 atom stereocenters. The molecule has 0 saturated carbocycles. The molecule has 2 heterocycles. The van der Waals surface area contributed by atoms with Gasteiger partial charge in [-0.05, 0) is 37.8 Å². The van der Waals surface area contributed by atoms with E-state index in [4.69, 9.17) is 10.5 Å². The fraction of sp³-hybridized carbons (Fsp3) is 0.643. The van der Waals surface area contributed by atoms with Gasteiger partial charge >= 0.3 is 0 Å². The maximum absolute atomic E-state index is 6.11. The summed E-state index contributed by atoms with van der Waals surface area (Å²) in [6, 6.07) is 1.95. The van der Waals surface area contributed by atoms with Gasteiger partial charge in [0.2, 0.25) is 0 Å². The molecule has 2 N–H and O–H groups in total. The molecule has 0 bridgehead atoms. The van der Waals surface area contributed by atoms with Crippen LogP contribution in [0.5, 0.6) is 0 Å². The minimum absolute atomic E-state index is 0.320. The van der Waals surface area contributed by atoms with Crippen LogP contribution in [-0.2, 0) is 4.74 Å². The van der Waals surface area contributed by atoms with E-state index in [0.717, 1.165) is 56.0 Å². The number of ether oxygens (including phenoxy) is 1. The van der Waals surface area contributed by atoms with E-state index in [9.17, 15) is 0 Å². The van der Waals surface area contributed by atoms with Gasteiger partial charge in [0.1, 0.15) is 0 Å². The van der Waals surface area contributed by atoms with Crippen molar-refractivity contribution in [2.24, 2.45) is 0 Å². The molecule has 0 radical (unpaired) electrons. The lowest BCUT2D eigenvalue weighted by molar-refractivity contribution is 0.0439. The minimum Gasteiger partial charge on any atom is -0.396 e. The Bertz CT molecular complexity index is 395. The smallest absolute Gasteiger partial charge is 0.152 e. The van der Waals surface area contributed by atoms with Crippen LogP contribution in [0.25, 0.3) is 0 Å². The van der Waals surface area contributed by atoms with E-state index in [1.54, 1.807) is 0 Å². The van der Waals surface area contributed by atoms with E-state index >= 15 is 0 Å². The topological polar surface area (TPSA) is 51.4 Å². The highest BCUT2D eigenvalue weighted by molar-refractivity contribution is 5.66. The van der Waals surface area contributed by atoms with E-state index in [0.29, 0.717) is 6.10 Å². The first-order valence-corrected chi connectivity index (χ1v) is 6.80. The van der Waals surface area contributed by atoms with Crippen molar-refractivity contribution in [1.29, 1.82) is 0 Å². The number of nitrogens with zero attached hydrogens (tertiary/aromatic N) is 2. The first-order valence-electron chi connectivity index (χ1n) is 6.80. The molecule has 0 amide bonds. The lowest BCUT2D eigenvalue weighted by Crippen LogP contribution is -2.40. The van der Waals surface area contributed by atoms with Gasteiger partial charge in [0.05, 0.1) is 11.8 Å². The number of hydrogen-bond donors (Lipinski definition) is 1. The van der Waals surface area contributed by atoms with Crippen LogP contribution >= 0.6 is 0 Å². The SMILES string of the molecule is CCCOC1CCCN(c2nccc(C)c2N)C1. The van der Waals surface area contributed by atoms with Crippen LogP contribution in [0.2, 0.25) is 0 Å². The third kappa shape index (κ3) is 2.93. The summed E-state index contributed by atoms with van der Waals surface area (Å²) >= 11 is 0. The van der Waals surface area contributed by atoms with Crippen LogP contribution in [0.3, 0.4) is 0 Å². The molecule has 1 aliphatic heterocycles. The van der Waals surface area contributed by atoms with Crippen LogP contribution in [0.1, 0.15) is 31.7 Å². The summed E-state index contributed by atoms with van der Waals surface area (Å²) in [5.74, 6) is 0.916. The van der Waals surface area contributed by atoms with Crippen LogP contribution < -0.4 is 10.6 Å². The lowest BCUT2D eigenvalue weighted by Gasteiger charge is -2.34. The first-order chi connectivity index (χ1) is 8.72. The summed E-state index contributed by atoms with van der Waals surface area (Å²) in [5.41, 5.74) is 8.01. The molecule has 1 unspecified atom stereocenters. The van der Waals surface area contributed by atoms with Crippen LogP contribution in [-0.4, -0.2) is 30.8 Å². The Kier molecular flexibility index (Phi) is 4.42. The highest BCUT2D eigenvalue weighted by atomic mass is 16.5. The van der Waals surface area contributed by atoms with Crippen molar-refractivity contribution in [3.05, 3.63) is 17.8 Å². The average molecular weight is 249 g/mol. The van der Waals surface area contributed by atoms with Crippen molar-refractivity contribution in [2.45, 2.75) is 39.2 Å². The van der Waals surface area contributed by atoms with Gasteiger partial charge in [0.15, 0.2) is 5.82 Å². The second-order valence-electron chi connectivity index (χ2n) is 4.95. The molecule has 1 aromatic heterocycles. The Balaban J connectivity index is 2.06.